The van der Waals surface area contributed by atoms with E-state index in [9.17, 15) is 0 Å². The zero-order chi connectivity index (χ0) is 11.5. The number of nitrogens with one attached hydrogen (secondary N) is 4. The monoisotopic (exact) mass is 550 g/mol. The van der Waals surface area contributed by atoms with Crippen LogP contribution in [-0.2, 0) is 0 Å². The Kier molecular flexibility index (Phi) is 34.1. The van der Waals surface area contributed by atoms with E-state index in [1.54, 1.807) is 0 Å². The summed E-state index contributed by atoms with van der Waals surface area (Å²) in [5.41, 5.74) is 0. The Morgan fingerprint density at radius 3 is 1.75 bits per heavy atom. The van der Waals surface area contributed by atoms with Crippen molar-refractivity contribution in [3.8, 4) is 0 Å². The lowest BCUT2D eigenvalue weighted by molar-refractivity contribution is 0.238. The van der Waals surface area contributed by atoms with Crippen LogP contribution < -0.4 is 21.3 Å². The van der Waals surface area contributed by atoms with Crippen LogP contribution in [0, 0.1) is 0 Å². The molecule has 1 atom stereocenters. The van der Waals surface area contributed by atoms with E-state index in [1.165, 1.54) is 0 Å². The summed E-state index contributed by atoms with van der Waals surface area (Å²) in [5.74, 6) is 0. The number of halogens is 4. The van der Waals surface area contributed by atoms with E-state index in [-0.39, 0.29) is 80.6 Å². The summed E-state index contributed by atoms with van der Waals surface area (Å²) in [6, 6.07) is 0.191. The van der Waals surface area contributed by atoms with Crippen molar-refractivity contribution < 1.29 is 5.11 Å². The Balaban J connectivity index is -0.000000320. The molecule has 1 rings (SSSR count). The lowest BCUT2D eigenvalue weighted by atomic mass is 10.2. The molecule has 0 aliphatic carbocycles. The fraction of sp³-hybridized carbons (Fsp3) is 1.00. The highest BCUT2D eigenvalue weighted by Crippen LogP contribution is 1.84. The Hall–Kier alpha value is 1.72. The zero-order valence-corrected chi connectivity index (χ0v) is 18.6. The molecule has 1 aliphatic rings. The molecule has 0 spiro atoms. The minimum Gasteiger partial charge on any atom is -0.395 e. The standard InChI is InChI=1S/C11H26N4O.4BrH/c16-10-11-9-14-5-1-3-12-7-8-13-4-2-6-15-11;;;;/h11-16H,1-10H2;4*1H. The molecule has 0 amide bonds. The van der Waals surface area contributed by atoms with Crippen LogP contribution in [-0.4, -0.2) is 63.6 Å². The molecule has 0 radical (unpaired) electrons. The molecule has 5 nitrogen and oxygen atoms in total. The van der Waals surface area contributed by atoms with Crippen LogP contribution in [0.2, 0.25) is 0 Å². The minimum atomic E-state index is 0. The third-order valence-electron chi connectivity index (χ3n) is 2.76. The predicted molar refractivity (Wildman–Crippen MR) is 108 cm³/mol. The highest BCUT2D eigenvalue weighted by Gasteiger charge is 2.05. The predicted octanol–water partition coefficient (Wildman–Crippen LogP) is 0.811. The summed E-state index contributed by atoms with van der Waals surface area (Å²) in [7, 11) is 0. The van der Waals surface area contributed by atoms with Crippen molar-refractivity contribution in [2.24, 2.45) is 0 Å². The van der Waals surface area contributed by atoms with Gasteiger partial charge in [-0.2, -0.15) is 0 Å². The van der Waals surface area contributed by atoms with Crippen molar-refractivity contribution in [3.63, 3.8) is 0 Å². The van der Waals surface area contributed by atoms with Gasteiger partial charge in [0, 0.05) is 25.7 Å². The van der Waals surface area contributed by atoms with Crippen molar-refractivity contribution in [2.45, 2.75) is 18.9 Å². The van der Waals surface area contributed by atoms with Gasteiger partial charge in [-0.1, -0.05) is 0 Å². The summed E-state index contributed by atoms with van der Waals surface area (Å²) < 4.78 is 0. The number of aliphatic hydroxyl groups is 1. The SMILES string of the molecule is Br.Br.Br.Br.OCC1CNCCCNCCNCCCN1. The van der Waals surface area contributed by atoms with E-state index in [1.807, 2.05) is 0 Å². The minimum absolute atomic E-state index is 0. The van der Waals surface area contributed by atoms with Crippen LogP contribution in [0.5, 0.6) is 0 Å². The molecular weight excluding hydrogens is 524 g/mol. The smallest absolute Gasteiger partial charge is 0.0597 e. The number of hydrogen-bond donors (Lipinski definition) is 5. The zero-order valence-electron chi connectivity index (χ0n) is 11.7. The van der Waals surface area contributed by atoms with E-state index in [0.717, 1.165) is 58.7 Å². The van der Waals surface area contributed by atoms with Crippen LogP contribution >= 0.6 is 67.9 Å². The molecule has 20 heavy (non-hydrogen) atoms. The van der Waals surface area contributed by atoms with Crippen molar-refractivity contribution in [2.75, 3.05) is 52.4 Å². The number of aliphatic hydroxyl groups excluding tert-OH is 1. The molecule has 1 saturated heterocycles. The van der Waals surface area contributed by atoms with Crippen molar-refractivity contribution in [1.82, 2.24) is 21.3 Å². The topological polar surface area (TPSA) is 68.3 Å². The van der Waals surface area contributed by atoms with Gasteiger partial charge in [0.05, 0.1) is 6.61 Å². The average molecular weight is 554 g/mol. The van der Waals surface area contributed by atoms with Gasteiger partial charge in [-0.05, 0) is 39.0 Å². The highest BCUT2D eigenvalue weighted by atomic mass is 79.9. The molecule has 1 aliphatic heterocycles. The second-order valence-electron chi connectivity index (χ2n) is 4.24. The van der Waals surface area contributed by atoms with E-state index in [4.69, 9.17) is 5.11 Å². The first kappa shape index (κ1) is 29.7. The van der Waals surface area contributed by atoms with Crippen LogP contribution in [0.3, 0.4) is 0 Å². The Morgan fingerprint density at radius 1 is 0.700 bits per heavy atom. The van der Waals surface area contributed by atoms with Gasteiger partial charge in [0.1, 0.15) is 0 Å². The van der Waals surface area contributed by atoms with Gasteiger partial charge in [0.2, 0.25) is 0 Å². The highest BCUT2D eigenvalue weighted by molar-refractivity contribution is 8.93. The van der Waals surface area contributed by atoms with Crippen LogP contribution in [0.15, 0.2) is 0 Å². The van der Waals surface area contributed by atoms with Gasteiger partial charge in [0.15, 0.2) is 0 Å². The lowest BCUT2D eigenvalue weighted by Crippen LogP contribution is -2.43. The van der Waals surface area contributed by atoms with Gasteiger partial charge < -0.3 is 26.4 Å². The first-order valence-electron chi connectivity index (χ1n) is 6.40. The molecule has 5 N–H and O–H groups in total. The molecule has 1 heterocycles. The van der Waals surface area contributed by atoms with E-state index in [2.05, 4.69) is 21.3 Å². The molecule has 0 aromatic rings. The molecule has 0 saturated carbocycles. The second kappa shape index (κ2) is 23.0. The third-order valence-corrected chi connectivity index (χ3v) is 2.76. The number of rotatable bonds is 1. The fourth-order valence-electron chi connectivity index (χ4n) is 1.76. The quantitative estimate of drug-likeness (QED) is 0.333. The van der Waals surface area contributed by atoms with E-state index >= 15 is 0 Å². The van der Waals surface area contributed by atoms with Crippen molar-refractivity contribution in [3.05, 3.63) is 0 Å². The van der Waals surface area contributed by atoms with Crippen LogP contribution in [0.25, 0.3) is 0 Å². The van der Waals surface area contributed by atoms with Crippen molar-refractivity contribution in [1.29, 1.82) is 0 Å². The van der Waals surface area contributed by atoms with Gasteiger partial charge in [0.25, 0.3) is 0 Å². The Labute approximate surface area is 164 Å². The Morgan fingerprint density at radius 2 is 1.20 bits per heavy atom. The normalized spacial score (nSPS) is 21.8. The van der Waals surface area contributed by atoms with Gasteiger partial charge >= 0.3 is 0 Å². The fourth-order valence-corrected chi connectivity index (χ4v) is 1.76. The first-order chi connectivity index (χ1) is 7.93. The Bertz CT molecular complexity index is 157. The average Bonchev–Trinajstić information content (AvgIpc) is 2.32. The van der Waals surface area contributed by atoms with E-state index < -0.39 is 0 Å². The van der Waals surface area contributed by atoms with Crippen LogP contribution in [0.4, 0.5) is 0 Å². The molecule has 128 valence electrons. The van der Waals surface area contributed by atoms with Gasteiger partial charge in [-0.15, -0.1) is 67.9 Å². The molecule has 1 fully saturated rings. The van der Waals surface area contributed by atoms with Crippen molar-refractivity contribution >= 4 is 67.9 Å². The maximum atomic E-state index is 9.17. The maximum Gasteiger partial charge on any atom is 0.0597 e. The molecule has 0 aromatic carbocycles. The maximum absolute atomic E-state index is 9.17. The van der Waals surface area contributed by atoms with Gasteiger partial charge in [-0.25, -0.2) is 0 Å². The molecule has 0 bridgehead atoms. The first-order valence-corrected chi connectivity index (χ1v) is 6.40. The summed E-state index contributed by atoms with van der Waals surface area (Å²) in [4.78, 5) is 0. The number of hydrogen-bond acceptors (Lipinski definition) is 5. The van der Waals surface area contributed by atoms with Crippen LogP contribution in [0.1, 0.15) is 12.8 Å². The largest absolute Gasteiger partial charge is 0.395 e. The summed E-state index contributed by atoms with van der Waals surface area (Å²) in [6.45, 7) is 7.23. The summed E-state index contributed by atoms with van der Waals surface area (Å²) >= 11 is 0. The molecule has 9 heteroatoms. The second-order valence-corrected chi connectivity index (χ2v) is 4.24. The molecular formula is C11H30Br4N4O. The summed E-state index contributed by atoms with van der Waals surface area (Å²) in [5, 5.41) is 22.7. The van der Waals surface area contributed by atoms with E-state index in [0.29, 0.717) is 0 Å². The van der Waals surface area contributed by atoms with Gasteiger partial charge in [-0.3, -0.25) is 0 Å². The third kappa shape index (κ3) is 17.8. The molecule has 1 unspecified atom stereocenters. The molecule has 0 aromatic heterocycles. The lowest BCUT2D eigenvalue weighted by Gasteiger charge is -2.18. The summed E-state index contributed by atoms with van der Waals surface area (Å²) in [6.07, 6.45) is 2.24.